The van der Waals surface area contributed by atoms with Crippen molar-refractivity contribution in [1.29, 1.82) is 0 Å². The van der Waals surface area contributed by atoms with Gasteiger partial charge in [0.15, 0.2) is 0 Å². The Labute approximate surface area is 183 Å². The summed E-state index contributed by atoms with van der Waals surface area (Å²) in [6.07, 6.45) is 9.44. The topological polar surface area (TPSA) is 0 Å². The van der Waals surface area contributed by atoms with Crippen molar-refractivity contribution in [2.24, 2.45) is 5.92 Å². The first-order valence-electron chi connectivity index (χ1n) is 12.0. The van der Waals surface area contributed by atoms with Gasteiger partial charge < -0.3 is 0 Å². The smallest absolute Gasteiger partial charge is 0.0150 e. The summed E-state index contributed by atoms with van der Waals surface area (Å²) in [5.74, 6) is 2.30. The third kappa shape index (κ3) is 5.22. The fourth-order valence-electron chi connectivity index (χ4n) is 5.23. The van der Waals surface area contributed by atoms with E-state index in [2.05, 4.69) is 92.7 Å². The molecule has 156 valence electrons. The molecular weight excluding hydrogens is 360 g/mol. The highest BCUT2D eigenvalue weighted by molar-refractivity contribution is 5.64. The molecule has 1 saturated carbocycles. The van der Waals surface area contributed by atoms with Gasteiger partial charge in [-0.15, -0.1) is 0 Å². The Morgan fingerprint density at radius 3 is 1.93 bits per heavy atom. The van der Waals surface area contributed by atoms with Gasteiger partial charge in [-0.25, -0.2) is 0 Å². The second-order valence-corrected chi connectivity index (χ2v) is 9.34. The number of hydrogen-bond acceptors (Lipinski definition) is 0. The summed E-state index contributed by atoms with van der Waals surface area (Å²) >= 11 is 0. The van der Waals surface area contributed by atoms with Crippen LogP contribution in [0.15, 0.2) is 78.9 Å². The van der Waals surface area contributed by atoms with E-state index in [0.717, 1.165) is 18.3 Å². The van der Waals surface area contributed by atoms with E-state index in [4.69, 9.17) is 0 Å². The first-order valence-corrected chi connectivity index (χ1v) is 12.0. The quantitative estimate of drug-likeness (QED) is 0.374. The molecule has 0 heteroatoms. The second kappa shape index (κ2) is 10.1. The van der Waals surface area contributed by atoms with Gasteiger partial charge in [-0.2, -0.15) is 0 Å². The number of hydrogen-bond donors (Lipinski definition) is 0. The first kappa shape index (κ1) is 20.9. The lowest BCUT2D eigenvalue weighted by Crippen LogP contribution is -2.13. The van der Waals surface area contributed by atoms with Gasteiger partial charge in [0.1, 0.15) is 0 Å². The van der Waals surface area contributed by atoms with Gasteiger partial charge in [0.2, 0.25) is 0 Å². The minimum absolute atomic E-state index is 0.545. The Bertz CT molecular complexity index is 881. The van der Waals surface area contributed by atoms with Crippen LogP contribution in [0.25, 0.3) is 11.1 Å². The van der Waals surface area contributed by atoms with Crippen LogP contribution in [0.5, 0.6) is 0 Å². The molecule has 0 unspecified atom stereocenters. The van der Waals surface area contributed by atoms with Crippen LogP contribution in [-0.2, 0) is 6.42 Å². The van der Waals surface area contributed by atoms with Gasteiger partial charge >= 0.3 is 0 Å². The molecule has 1 atom stereocenters. The van der Waals surface area contributed by atoms with Crippen LogP contribution < -0.4 is 0 Å². The number of benzene rings is 3. The maximum Gasteiger partial charge on any atom is -0.0150 e. The highest BCUT2D eigenvalue weighted by atomic mass is 14.3. The minimum Gasteiger partial charge on any atom is -0.0654 e. The van der Waals surface area contributed by atoms with E-state index in [1.165, 1.54) is 60.8 Å². The Balaban J connectivity index is 1.36. The molecule has 0 saturated heterocycles. The summed E-state index contributed by atoms with van der Waals surface area (Å²) in [5.41, 5.74) is 7.03. The average Bonchev–Trinajstić information content (AvgIpc) is 2.81. The molecule has 0 radical (unpaired) electrons. The summed E-state index contributed by atoms with van der Waals surface area (Å²) in [7, 11) is 0. The van der Waals surface area contributed by atoms with E-state index >= 15 is 0 Å². The summed E-state index contributed by atoms with van der Waals surface area (Å²) in [6.45, 7) is 4.64. The van der Waals surface area contributed by atoms with Crippen molar-refractivity contribution < 1.29 is 0 Å². The molecule has 1 aliphatic rings. The van der Waals surface area contributed by atoms with Crippen LogP contribution >= 0.6 is 0 Å². The summed E-state index contributed by atoms with van der Waals surface area (Å²) < 4.78 is 0. The molecule has 3 aromatic rings. The molecule has 0 nitrogen and oxygen atoms in total. The summed E-state index contributed by atoms with van der Waals surface area (Å²) in [5, 5.41) is 0. The largest absolute Gasteiger partial charge is 0.0654 e. The van der Waals surface area contributed by atoms with E-state index in [1.807, 2.05) is 0 Å². The number of rotatable bonds is 7. The summed E-state index contributed by atoms with van der Waals surface area (Å²) in [4.78, 5) is 0. The van der Waals surface area contributed by atoms with E-state index in [-0.39, 0.29) is 0 Å². The van der Waals surface area contributed by atoms with E-state index in [1.54, 1.807) is 5.56 Å². The maximum absolute atomic E-state index is 2.38. The first-order chi connectivity index (χ1) is 14.7. The lowest BCUT2D eigenvalue weighted by atomic mass is 9.77. The van der Waals surface area contributed by atoms with Crippen LogP contribution in [0.1, 0.15) is 80.9 Å². The predicted molar refractivity (Wildman–Crippen MR) is 130 cm³/mol. The van der Waals surface area contributed by atoms with Gasteiger partial charge in [0, 0.05) is 0 Å². The zero-order valence-electron chi connectivity index (χ0n) is 18.7. The van der Waals surface area contributed by atoms with Crippen molar-refractivity contribution >= 4 is 0 Å². The molecule has 1 aliphatic carbocycles. The van der Waals surface area contributed by atoms with Crippen molar-refractivity contribution in [3.8, 4) is 11.1 Å². The van der Waals surface area contributed by atoms with Crippen molar-refractivity contribution in [3.63, 3.8) is 0 Å². The van der Waals surface area contributed by atoms with Crippen molar-refractivity contribution in [1.82, 2.24) is 0 Å². The molecule has 3 aromatic carbocycles. The fourth-order valence-corrected chi connectivity index (χ4v) is 5.23. The highest BCUT2D eigenvalue weighted by Crippen LogP contribution is 2.38. The normalized spacial score (nSPS) is 20.1. The van der Waals surface area contributed by atoms with E-state index < -0.39 is 0 Å². The van der Waals surface area contributed by atoms with Gasteiger partial charge in [-0.3, -0.25) is 0 Å². The molecule has 0 bridgehead atoms. The van der Waals surface area contributed by atoms with Crippen LogP contribution in [-0.4, -0.2) is 0 Å². The van der Waals surface area contributed by atoms with Gasteiger partial charge in [-0.05, 0) is 77.7 Å². The minimum atomic E-state index is 0.545. The zero-order chi connectivity index (χ0) is 20.8. The average molecular weight is 397 g/mol. The molecule has 30 heavy (non-hydrogen) atoms. The van der Waals surface area contributed by atoms with E-state index in [9.17, 15) is 0 Å². The zero-order valence-corrected chi connectivity index (χ0v) is 18.7. The van der Waals surface area contributed by atoms with Crippen LogP contribution in [0.4, 0.5) is 0 Å². The highest BCUT2D eigenvalue weighted by Gasteiger charge is 2.21. The van der Waals surface area contributed by atoms with E-state index in [0.29, 0.717) is 5.92 Å². The lowest BCUT2D eigenvalue weighted by Gasteiger charge is -2.28. The molecule has 4 rings (SSSR count). The molecule has 1 fully saturated rings. The standard InChI is InChI=1S/C30H36/c1-3-7-24-10-14-27(15-11-24)29-18-20-30(21-19-29)28-16-12-25(13-17-28)22-23(2)26-8-5-4-6-9-26/h4-6,8-9,12-13,16-21,23-24,27H,3,7,10-11,14-15,22H2,1-2H3/t23-,24-,27-/m1/s1. The van der Waals surface area contributed by atoms with Crippen LogP contribution in [0, 0.1) is 5.92 Å². The molecule has 0 aliphatic heterocycles. The Kier molecular flexibility index (Phi) is 7.05. The van der Waals surface area contributed by atoms with Gasteiger partial charge in [0.05, 0.1) is 0 Å². The maximum atomic E-state index is 2.38. The molecule has 0 spiro atoms. The predicted octanol–water partition coefficient (Wildman–Crippen LogP) is 8.77. The second-order valence-electron chi connectivity index (χ2n) is 9.34. The Morgan fingerprint density at radius 1 is 0.733 bits per heavy atom. The Morgan fingerprint density at radius 2 is 1.33 bits per heavy atom. The Hall–Kier alpha value is -2.34. The summed E-state index contributed by atoms with van der Waals surface area (Å²) in [6, 6.07) is 29.4. The van der Waals surface area contributed by atoms with Crippen LogP contribution in [0.3, 0.4) is 0 Å². The van der Waals surface area contributed by atoms with Gasteiger partial charge in [-0.1, -0.05) is 106 Å². The molecule has 0 amide bonds. The van der Waals surface area contributed by atoms with Crippen molar-refractivity contribution in [3.05, 3.63) is 95.6 Å². The molecule has 0 heterocycles. The SMILES string of the molecule is CCC[C@H]1CC[C@H](c2ccc(-c3ccc(C[C@@H](C)c4ccccc4)cc3)cc2)CC1. The fraction of sp³-hybridized carbons (Fsp3) is 0.400. The van der Waals surface area contributed by atoms with Crippen molar-refractivity contribution in [2.45, 2.75) is 70.6 Å². The van der Waals surface area contributed by atoms with Crippen molar-refractivity contribution in [2.75, 3.05) is 0 Å². The lowest BCUT2D eigenvalue weighted by molar-refractivity contribution is 0.308. The molecular formula is C30H36. The molecule has 0 aromatic heterocycles. The third-order valence-electron chi connectivity index (χ3n) is 7.12. The van der Waals surface area contributed by atoms with Crippen LogP contribution in [0.2, 0.25) is 0 Å². The molecule has 0 N–H and O–H groups in total. The third-order valence-corrected chi connectivity index (χ3v) is 7.12. The van der Waals surface area contributed by atoms with Gasteiger partial charge in [0.25, 0.3) is 0 Å². The monoisotopic (exact) mass is 396 g/mol.